The molecule has 0 bridgehead atoms. The van der Waals surface area contributed by atoms with Crippen LogP contribution in [0.5, 0.6) is 0 Å². The predicted octanol–water partition coefficient (Wildman–Crippen LogP) is -0.655. The molecule has 0 fully saturated rings. The molecule has 4 nitrogen and oxygen atoms in total. The number of hydrogen-bond donors (Lipinski definition) is 4. The van der Waals surface area contributed by atoms with E-state index in [1.54, 1.807) is 13.8 Å². The largest absolute Gasteiger partial charge is 0.396 e. The molecule has 62 valence electrons. The minimum atomic E-state index is -0.797. The van der Waals surface area contributed by atoms with Crippen LogP contribution in [0.3, 0.4) is 0 Å². The van der Waals surface area contributed by atoms with Gasteiger partial charge in [-0.15, -0.1) is 0 Å². The molecule has 0 aliphatic heterocycles. The van der Waals surface area contributed by atoms with E-state index >= 15 is 0 Å². The van der Waals surface area contributed by atoms with Crippen molar-refractivity contribution >= 4 is 0 Å². The Labute approximate surface area is 60.5 Å². The highest BCUT2D eigenvalue weighted by Crippen LogP contribution is 2.14. The van der Waals surface area contributed by atoms with Crippen molar-refractivity contribution in [1.29, 1.82) is 0 Å². The van der Waals surface area contributed by atoms with Crippen LogP contribution in [-0.2, 0) is 0 Å². The Morgan fingerprint density at radius 1 is 1.50 bits per heavy atom. The molecule has 0 saturated carbocycles. The molecule has 0 heterocycles. The molecular weight excluding hydrogens is 134 g/mol. The average molecular weight is 149 g/mol. The van der Waals surface area contributed by atoms with Gasteiger partial charge >= 0.3 is 0 Å². The molecule has 0 aromatic heterocycles. The minimum Gasteiger partial charge on any atom is -0.396 e. The van der Waals surface area contributed by atoms with Gasteiger partial charge in [0.05, 0.1) is 12.1 Å². The summed E-state index contributed by atoms with van der Waals surface area (Å²) in [4.78, 5) is 0. The van der Waals surface area contributed by atoms with Gasteiger partial charge in [-0.1, -0.05) is 6.92 Å². The lowest BCUT2D eigenvalue weighted by molar-refractivity contribution is -0.0134. The molecule has 0 rings (SSSR count). The Balaban J connectivity index is 4.02. The fourth-order valence-corrected chi connectivity index (χ4v) is 0.503. The van der Waals surface area contributed by atoms with Gasteiger partial charge in [0.1, 0.15) is 0 Å². The number of aliphatic hydroxyl groups excluding tert-OH is 2. The van der Waals surface area contributed by atoms with Crippen molar-refractivity contribution in [2.45, 2.75) is 19.4 Å². The van der Waals surface area contributed by atoms with Crippen LogP contribution in [0, 0.1) is 5.92 Å². The second kappa shape index (κ2) is 3.88. The summed E-state index contributed by atoms with van der Waals surface area (Å²) >= 11 is 0. The summed E-state index contributed by atoms with van der Waals surface area (Å²) in [7, 11) is 0. The van der Waals surface area contributed by atoms with E-state index < -0.39 is 5.54 Å². The lowest BCUT2D eigenvalue weighted by atomic mass is 9.89. The van der Waals surface area contributed by atoms with Crippen LogP contribution >= 0.6 is 0 Å². The fraction of sp³-hybridized carbons (Fsp3) is 1.00. The SMILES string of the molecule is CC(CO)C(C)(CO)NO. The summed E-state index contributed by atoms with van der Waals surface area (Å²) in [6, 6.07) is 0. The van der Waals surface area contributed by atoms with Gasteiger partial charge in [-0.05, 0) is 6.92 Å². The van der Waals surface area contributed by atoms with E-state index in [9.17, 15) is 0 Å². The molecule has 0 amide bonds. The van der Waals surface area contributed by atoms with Gasteiger partial charge in [0, 0.05) is 12.5 Å². The second-order valence-corrected chi connectivity index (χ2v) is 2.77. The van der Waals surface area contributed by atoms with Crippen LogP contribution in [0.4, 0.5) is 0 Å². The van der Waals surface area contributed by atoms with Crippen LogP contribution in [0.15, 0.2) is 0 Å². The van der Waals surface area contributed by atoms with Gasteiger partial charge in [0.2, 0.25) is 0 Å². The minimum absolute atomic E-state index is 0.0649. The monoisotopic (exact) mass is 149 g/mol. The van der Waals surface area contributed by atoms with Crippen LogP contribution in [0.25, 0.3) is 0 Å². The lowest BCUT2D eigenvalue weighted by Gasteiger charge is -2.30. The maximum atomic E-state index is 8.75. The number of aliphatic hydroxyl groups is 2. The summed E-state index contributed by atoms with van der Waals surface area (Å²) in [6.45, 7) is 3.10. The van der Waals surface area contributed by atoms with E-state index in [2.05, 4.69) is 0 Å². The Morgan fingerprint density at radius 3 is 2.10 bits per heavy atom. The van der Waals surface area contributed by atoms with Crippen molar-refractivity contribution in [3.05, 3.63) is 0 Å². The number of hydrogen-bond acceptors (Lipinski definition) is 4. The van der Waals surface area contributed by atoms with Gasteiger partial charge in [0.25, 0.3) is 0 Å². The second-order valence-electron chi connectivity index (χ2n) is 2.77. The third-order valence-electron chi connectivity index (χ3n) is 1.95. The molecule has 0 aliphatic carbocycles. The summed E-state index contributed by atoms with van der Waals surface area (Å²) in [6.07, 6.45) is 0. The molecule has 0 aromatic carbocycles. The topological polar surface area (TPSA) is 72.7 Å². The molecule has 10 heavy (non-hydrogen) atoms. The zero-order valence-corrected chi connectivity index (χ0v) is 6.33. The highest BCUT2D eigenvalue weighted by atomic mass is 16.5. The first-order valence-corrected chi connectivity index (χ1v) is 3.23. The van der Waals surface area contributed by atoms with E-state index in [1.807, 2.05) is 5.48 Å². The van der Waals surface area contributed by atoms with Crippen LogP contribution < -0.4 is 5.48 Å². The maximum absolute atomic E-state index is 8.75. The molecule has 0 aromatic rings. The van der Waals surface area contributed by atoms with Crippen LogP contribution in [0.2, 0.25) is 0 Å². The highest BCUT2D eigenvalue weighted by Gasteiger charge is 2.28. The van der Waals surface area contributed by atoms with E-state index in [4.69, 9.17) is 15.4 Å². The van der Waals surface area contributed by atoms with Gasteiger partial charge < -0.3 is 15.4 Å². The van der Waals surface area contributed by atoms with Crippen molar-refractivity contribution in [1.82, 2.24) is 5.48 Å². The first-order chi connectivity index (χ1) is 4.60. The smallest absolute Gasteiger partial charge is 0.0679 e. The van der Waals surface area contributed by atoms with E-state index in [0.717, 1.165) is 0 Å². The Hall–Kier alpha value is -0.160. The molecule has 4 heteroatoms. The van der Waals surface area contributed by atoms with Crippen molar-refractivity contribution in [3.63, 3.8) is 0 Å². The van der Waals surface area contributed by atoms with Crippen molar-refractivity contribution in [2.75, 3.05) is 13.2 Å². The molecule has 2 atom stereocenters. The molecule has 0 aliphatic rings. The predicted molar refractivity (Wildman–Crippen MR) is 36.7 cm³/mol. The van der Waals surface area contributed by atoms with Crippen LogP contribution in [-0.4, -0.2) is 34.2 Å². The van der Waals surface area contributed by atoms with Gasteiger partial charge in [-0.3, -0.25) is 0 Å². The summed E-state index contributed by atoms with van der Waals surface area (Å²) in [5.74, 6) is -0.178. The molecule has 4 N–H and O–H groups in total. The summed E-state index contributed by atoms with van der Waals surface area (Å²) in [5, 5.41) is 26.0. The first kappa shape index (κ1) is 9.84. The van der Waals surface area contributed by atoms with E-state index in [1.165, 1.54) is 0 Å². The van der Waals surface area contributed by atoms with Crippen molar-refractivity contribution in [3.8, 4) is 0 Å². The van der Waals surface area contributed by atoms with Crippen molar-refractivity contribution in [2.24, 2.45) is 5.92 Å². The Bertz CT molecular complexity index is 93.0. The summed E-state index contributed by atoms with van der Waals surface area (Å²) < 4.78 is 0. The third-order valence-corrected chi connectivity index (χ3v) is 1.95. The molecule has 0 spiro atoms. The third kappa shape index (κ3) is 1.91. The fourth-order valence-electron chi connectivity index (χ4n) is 0.503. The van der Waals surface area contributed by atoms with E-state index in [-0.39, 0.29) is 19.1 Å². The molecule has 0 saturated heterocycles. The van der Waals surface area contributed by atoms with Gasteiger partial charge in [-0.25, -0.2) is 0 Å². The summed E-state index contributed by atoms with van der Waals surface area (Å²) in [5.41, 5.74) is 1.17. The number of rotatable bonds is 4. The van der Waals surface area contributed by atoms with Gasteiger partial charge in [0.15, 0.2) is 0 Å². The molecule has 2 unspecified atom stereocenters. The number of hydroxylamine groups is 1. The molecule has 0 radical (unpaired) electrons. The zero-order chi connectivity index (χ0) is 8.20. The Morgan fingerprint density at radius 2 is 2.00 bits per heavy atom. The van der Waals surface area contributed by atoms with Gasteiger partial charge in [-0.2, -0.15) is 5.48 Å². The zero-order valence-electron chi connectivity index (χ0n) is 6.33. The standard InChI is InChI=1S/C6H15NO3/c1-5(3-8)6(2,4-9)7-10/h5,7-10H,3-4H2,1-2H3. The number of nitrogens with one attached hydrogen (secondary N) is 1. The van der Waals surface area contributed by atoms with Crippen LogP contribution in [0.1, 0.15) is 13.8 Å². The lowest BCUT2D eigenvalue weighted by Crippen LogP contribution is -2.50. The Kier molecular flexibility index (Phi) is 3.81. The first-order valence-electron chi connectivity index (χ1n) is 3.23. The average Bonchev–Trinajstić information content (AvgIpc) is 2.01. The highest BCUT2D eigenvalue weighted by molar-refractivity contribution is 4.83. The molecular formula is C6H15NO3. The van der Waals surface area contributed by atoms with E-state index in [0.29, 0.717) is 0 Å². The van der Waals surface area contributed by atoms with Crippen molar-refractivity contribution < 1.29 is 15.4 Å². The quantitative estimate of drug-likeness (QED) is 0.401. The normalized spacial score (nSPS) is 20.1. The maximum Gasteiger partial charge on any atom is 0.0679 e.